The molecule has 1 saturated heterocycles. The van der Waals surface area contributed by atoms with Gasteiger partial charge in [0.05, 0.1) is 6.42 Å². The van der Waals surface area contributed by atoms with Crippen LogP contribution in [0.1, 0.15) is 17.7 Å². The smallest absolute Gasteiger partial charge is 0.226 e. The summed E-state index contributed by atoms with van der Waals surface area (Å²) in [5.41, 5.74) is 2.32. The second kappa shape index (κ2) is 7.50. The second-order valence-corrected chi connectivity index (χ2v) is 6.89. The van der Waals surface area contributed by atoms with E-state index in [-0.39, 0.29) is 5.91 Å². The molecule has 1 aromatic carbocycles. The summed E-state index contributed by atoms with van der Waals surface area (Å²) in [5.74, 6) is 1.15. The fourth-order valence-corrected chi connectivity index (χ4v) is 3.58. The van der Waals surface area contributed by atoms with Crippen LogP contribution in [-0.2, 0) is 11.2 Å². The number of anilines is 1. The normalized spacial score (nSPS) is 16.4. The van der Waals surface area contributed by atoms with Crippen molar-refractivity contribution in [2.75, 3.05) is 25.0 Å². The summed E-state index contributed by atoms with van der Waals surface area (Å²) in [7, 11) is 0. The summed E-state index contributed by atoms with van der Waals surface area (Å²) in [6.45, 7) is 2.23. The number of benzene rings is 1. The number of carbonyl (C=O) groups is 1. The van der Waals surface area contributed by atoms with Crippen molar-refractivity contribution >= 4 is 17.4 Å². The summed E-state index contributed by atoms with van der Waals surface area (Å²) >= 11 is 0. The molecular weight excluding hydrogens is 338 g/mol. The first-order chi connectivity index (χ1) is 13.2. The lowest BCUT2D eigenvalue weighted by Gasteiger charge is -2.17. The monoisotopic (exact) mass is 359 g/mol. The van der Waals surface area contributed by atoms with E-state index in [1.807, 2.05) is 59.6 Å². The zero-order chi connectivity index (χ0) is 18.6. The molecule has 1 aliphatic rings. The highest BCUT2D eigenvalue weighted by atomic mass is 16.2. The zero-order valence-corrected chi connectivity index (χ0v) is 15.0. The fraction of sp³-hybridized carbons (Fsp3) is 0.286. The number of nitrogens with zero attached hydrogens (tertiary/aromatic N) is 4. The molecule has 1 N–H and O–H groups in total. The summed E-state index contributed by atoms with van der Waals surface area (Å²) < 4.78 is 1.78. The maximum absolute atomic E-state index is 12.5. The van der Waals surface area contributed by atoms with Crippen molar-refractivity contribution in [2.45, 2.75) is 12.8 Å². The molecule has 1 aliphatic heterocycles. The van der Waals surface area contributed by atoms with Gasteiger partial charge in [-0.05, 0) is 30.0 Å². The van der Waals surface area contributed by atoms with Gasteiger partial charge in [-0.15, -0.1) is 0 Å². The summed E-state index contributed by atoms with van der Waals surface area (Å²) in [6, 6.07) is 17.7. The van der Waals surface area contributed by atoms with Gasteiger partial charge in [-0.2, -0.15) is 5.26 Å². The molecule has 3 aromatic rings. The van der Waals surface area contributed by atoms with Gasteiger partial charge in [0, 0.05) is 25.8 Å². The Morgan fingerprint density at radius 2 is 2.04 bits per heavy atom. The predicted octanol–water partition coefficient (Wildman–Crippen LogP) is 2.71. The molecule has 136 valence electrons. The topological polar surface area (TPSA) is 73.4 Å². The molecule has 6 heteroatoms. The number of carbonyl (C=O) groups excluding carboxylic acids is 1. The van der Waals surface area contributed by atoms with Crippen molar-refractivity contribution in [3.05, 3.63) is 66.0 Å². The number of hydrogen-bond acceptors (Lipinski definition) is 4. The van der Waals surface area contributed by atoms with Crippen LogP contribution in [0.3, 0.4) is 0 Å². The van der Waals surface area contributed by atoms with Gasteiger partial charge < -0.3 is 10.2 Å². The van der Waals surface area contributed by atoms with Crippen molar-refractivity contribution in [3.63, 3.8) is 0 Å². The summed E-state index contributed by atoms with van der Waals surface area (Å²) in [4.78, 5) is 18.9. The zero-order valence-electron chi connectivity index (χ0n) is 15.0. The van der Waals surface area contributed by atoms with Gasteiger partial charge in [-0.25, -0.2) is 4.98 Å². The van der Waals surface area contributed by atoms with Crippen LogP contribution in [0.5, 0.6) is 0 Å². The van der Waals surface area contributed by atoms with Gasteiger partial charge in [0.1, 0.15) is 11.7 Å². The third-order valence-electron chi connectivity index (χ3n) is 5.03. The number of rotatable bonds is 5. The lowest BCUT2D eigenvalue weighted by molar-refractivity contribution is -0.129. The molecule has 3 heterocycles. The molecule has 0 bridgehead atoms. The van der Waals surface area contributed by atoms with Gasteiger partial charge in [0.2, 0.25) is 5.91 Å². The Kier molecular flexibility index (Phi) is 4.75. The predicted molar refractivity (Wildman–Crippen MR) is 103 cm³/mol. The van der Waals surface area contributed by atoms with Crippen molar-refractivity contribution in [1.82, 2.24) is 14.3 Å². The molecule has 6 nitrogen and oxygen atoms in total. The third-order valence-corrected chi connectivity index (χ3v) is 5.03. The van der Waals surface area contributed by atoms with Crippen LogP contribution in [0.2, 0.25) is 0 Å². The summed E-state index contributed by atoms with van der Waals surface area (Å²) in [6.07, 6.45) is 3.25. The Morgan fingerprint density at radius 3 is 2.85 bits per heavy atom. The number of amides is 1. The van der Waals surface area contributed by atoms with Crippen LogP contribution in [0.25, 0.3) is 5.65 Å². The average Bonchev–Trinajstić information content (AvgIpc) is 3.31. The van der Waals surface area contributed by atoms with Gasteiger partial charge >= 0.3 is 0 Å². The first-order valence-corrected chi connectivity index (χ1v) is 9.17. The van der Waals surface area contributed by atoms with E-state index in [9.17, 15) is 10.1 Å². The van der Waals surface area contributed by atoms with Gasteiger partial charge in [0.15, 0.2) is 11.5 Å². The van der Waals surface area contributed by atoms with E-state index in [1.165, 1.54) is 0 Å². The quantitative estimate of drug-likeness (QED) is 0.760. The molecule has 0 aliphatic carbocycles. The Labute approximate surface area is 158 Å². The molecular formula is C21H21N5O. The number of fused-ring (bicyclic) bond motifs is 1. The largest absolute Gasteiger partial charge is 0.367 e. The number of nitrogens with one attached hydrogen (secondary N) is 1. The molecule has 27 heavy (non-hydrogen) atoms. The highest BCUT2D eigenvalue weighted by Crippen LogP contribution is 2.21. The molecule has 0 spiro atoms. The Hall–Kier alpha value is -3.33. The molecule has 1 amide bonds. The van der Waals surface area contributed by atoms with E-state index in [1.54, 1.807) is 4.40 Å². The standard InChI is InChI=1S/C21H21N5O/c22-13-18-21(24-19-8-4-5-10-26(18)19)23-14-17-9-11-25(15-17)20(27)12-16-6-2-1-3-7-16/h1-8,10,17,23H,9,11-12,14-15H2. The minimum atomic E-state index is 0.175. The van der Waals surface area contributed by atoms with E-state index in [2.05, 4.69) is 16.4 Å². The lowest BCUT2D eigenvalue weighted by atomic mass is 10.1. The van der Waals surface area contributed by atoms with E-state index in [0.29, 0.717) is 30.4 Å². The van der Waals surface area contributed by atoms with Crippen LogP contribution in [-0.4, -0.2) is 39.8 Å². The molecule has 1 fully saturated rings. The highest BCUT2D eigenvalue weighted by Gasteiger charge is 2.26. The number of hydrogen-bond donors (Lipinski definition) is 1. The first-order valence-electron chi connectivity index (χ1n) is 9.17. The number of nitriles is 1. The number of pyridine rings is 1. The van der Waals surface area contributed by atoms with E-state index < -0.39 is 0 Å². The van der Waals surface area contributed by atoms with E-state index in [0.717, 1.165) is 30.7 Å². The average molecular weight is 359 g/mol. The number of likely N-dealkylation sites (tertiary alicyclic amines) is 1. The minimum absolute atomic E-state index is 0.175. The summed E-state index contributed by atoms with van der Waals surface area (Å²) in [5, 5.41) is 12.8. The Balaban J connectivity index is 1.35. The van der Waals surface area contributed by atoms with Crippen molar-refractivity contribution in [2.24, 2.45) is 5.92 Å². The molecule has 1 atom stereocenters. The maximum atomic E-state index is 12.5. The van der Waals surface area contributed by atoms with Crippen molar-refractivity contribution in [3.8, 4) is 6.07 Å². The van der Waals surface area contributed by atoms with Gasteiger partial charge in [-0.3, -0.25) is 9.20 Å². The molecule has 0 radical (unpaired) electrons. The molecule has 0 saturated carbocycles. The van der Waals surface area contributed by atoms with Crippen molar-refractivity contribution in [1.29, 1.82) is 5.26 Å². The lowest BCUT2D eigenvalue weighted by Crippen LogP contribution is -2.31. The number of aromatic nitrogens is 2. The first kappa shape index (κ1) is 17.1. The molecule has 2 aromatic heterocycles. The van der Waals surface area contributed by atoms with E-state index in [4.69, 9.17) is 0 Å². The van der Waals surface area contributed by atoms with Gasteiger partial charge in [0.25, 0.3) is 0 Å². The Bertz CT molecular complexity index is 989. The fourth-order valence-electron chi connectivity index (χ4n) is 3.58. The third kappa shape index (κ3) is 3.63. The molecule has 1 unspecified atom stereocenters. The van der Waals surface area contributed by atoms with Crippen LogP contribution in [0.15, 0.2) is 54.7 Å². The van der Waals surface area contributed by atoms with Crippen LogP contribution in [0.4, 0.5) is 5.82 Å². The Morgan fingerprint density at radius 1 is 1.22 bits per heavy atom. The van der Waals surface area contributed by atoms with Crippen molar-refractivity contribution < 1.29 is 4.79 Å². The SMILES string of the molecule is N#Cc1c(NCC2CCN(C(=O)Cc3ccccc3)C2)nc2ccccn12. The maximum Gasteiger partial charge on any atom is 0.226 e. The minimum Gasteiger partial charge on any atom is -0.367 e. The van der Waals surface area contributed by atoms with Crippen LogP contribution < -0.4 is 5.32 Å². The van der Waals surface area contributed by atoms with Crippen LogP contribution >= 0.6 is 0 Å². The van der Waals surface area contributed by atoms with Crippen LogP contribution in [0, 0.1) is 17.2 Å². The highest BCUT2D eigenvalue weighted by molar-refractivity contribution is 5.79. The number of imidazole rings is 1. The van der Waals surface area contributed by atoms with Gasteiger partial charge in [-0.1, -0.05) is 36.4 Å². The van der Waals surface area contributed by atoms with E-state index >= 15 is 0 Å². The molecule has 4 rings (SSSR count). The second-order valence-electron chi connectivity index (χ2n) is 6.89.